The number of primary amides is 1. The Hall–Kier alpha value is -3.57. The lowest BCUT2D eigenvalue weighted by molar-refractivity contribution is -0.114. The quantitative estimate of drug-likeness (QED) is 0.413. The molecule has 31 heavy (non-hydrogen) atoms. The predicted molar refractivity (Wildman–Crippen MR) is 119 cm³/mol. The summed E-state index contributed by atoms with van der Waals surface area (Å²) in [6.45, 7) is 1.46. The molecule has 3 N–H and O–H groups in total. The lowest BCUT2D eigenvalue weighted by atomic mass is 10.1. The molecule has 0 aliphatic heterocycles. The van der Waals surface area contributed by atoms with E-state index in [0.29, 0.717) is 22.2 Å². The van der Waals surface area contributed by atoms with Crippen LogP contribution in [0.3, 0.4) is 0 Å². The predicted octanol–water partition coefficient (Wildman–Crippen LogP) is 3.14. The number of benzene rings is 2. The fourth-order valence-electron chi connectivity index (χ4n) is 2.77. The van der Waals surface area contributed by atoms with Gasteiger partial charge in [-0.2, -0.15) is 4.68 Å². The SMILES string of the molecule is CC(=O)Nc1cccc(-n2nnnc2SCc2csc(-c3ccc(C(N)=O)cc3)n2)c1. The lowest BCUT2D eigenvalue weighted by Gasteiger charge is -2.06. The Kier molecular flexibility index (Phi) is 6.05. The Labute approximate surface area is 185 Å². The van der Waals surface area contributed by atoms with E-state index < -0.39 is 5.91 Å². The van der Waals surface area contributed by atoms with Gasteiger partial charge in [0.2, 0.25) is 17.0 Å². The monoisotopic (exact) mass is 451 g/mol. The molecule has 156 valence electrons. The molecule has 0 radical (unpaired) electrons. The summed E-state index contributed by atoms with van der Waals surface area (Å²) in [7, 11) is 0. The summed E-state index contributed by atoms with van der Waals surface area (Å²) in [5, 5.41) is 18.1. The number of carbonyl (C=O) groups is 2. The van der Waals surface area contributed by atoms with Crippen LogP contribution in [0.1, 0.15) is 23.0 Å². The van der Waals surface area contributed by atoms with Gasteiger partial charge in [0.1, 0.15) is 5.01 Å². The number of nitrogens with one attached hydrogen (secondary N) is 1. The minimum Gasteiger partial charge on any atom is -0.366 e. The van der Waals surface area contributed by atoms with E-state index in [1.54, 1.807) is 28.9 Å². The van der Waals surface area contributed by atoms with Crippen LogP contribution in [0.15, 0.2) is 59.1 Å². The molecule has 11 heteroatoms. The van der Waals surface area contributed by atoms with Crippen molar-refractivity contribution < 1.29 is 9.59 Å². The number of thiazole rings is 1. The number of thioether (sulfide) groups is 1. The topological polar surface area (TPSA) is 129 Å². The summed E-state index contributed by atoms with van der Waals surface area (Å²) >= 11 is 2.98. The number of nitrogens with zero attached hydrogens (tertiary/aromatic N) is 5. The van der Waals surface area contributed by atoms with E-state index in [1.165, 1.54) is 30.0 Å². The Balaban J connectivity index is 1.46. The average molecular weight is 452 g/mol. The molecular weight excluding hydrogens is 434 g/mol. The number of nitrogens with two attached hydrogens (primary N) is 1. The summed E-state index contributed by atoms with van der Waals surface area (Å²) in [5.74, 6) is -0.0167. The third-order valence-electron chi connectivity index (χ3n) is 4.17. The molecular formula is C20H17N7O2S2. The van der Waals surface area contributed by atoms with E-state index >= 15 is 0 Å². The van der Waals surface area contributed by atoms with E-state index in [0.717, 1.165) is 22.0 Å². The molecule has 2 amide bonds. The number of rotatable bonds is 7. The number of aromatic nitrogens is 5. The van der Waals surface area contributed by atoms with Gasteiger partial charge in [-0.25, -0.2) is 4.98 Å². The molecule has 2 aromatic heterocycles. The van der Waals surface area contributed by atoms with Crippen molar-refractivity contribution in [2.75, 3.05) is 5.32 Å². The van der Waals surface area contributed by atoms with E-state index in [9.17, 15) is 9.59 Å². The van der Waals surface area contributed by atoms with E-state index in [1.807, 2.05) is 29.6 Å². The van der Waals surface area contributed by atoms with Crippen LogP contribution < -0.4 is 11.1 Å². The Bertz CT molecular complexity index is 1230. The minimum atomic E-state index is -0.455. The van der Waals surface area contributed by atoms with Crippen LogP contribution in [0.5, 0.6) is 0 Å². The summed E-state index contributed by atoms with van der Waals surface area (Å²) < 4.78 is 1.62. The zero-order chi connectivity index (χ0) is 21.8. The first-order chi connectivity index (χ1) is 15.0. The Morgan fingerprint density at radius 3 is 2.74 bits per heavy atom. The molecule has 9 nitrogen and oxygen atoms in total. The van der Waals surface area contributed by atoms with Crippen LogP contribution in [-0.4, -0.2) is 37.0 Å². The Morgan fingerprint density at radius 1 is 1.19 bits per heavy atom. The second-order valence-electron chi connectivity index (χ2n) is 6.48. The highest BCUT2D eigenvalue weighted by molar-refractivity contribution is 7.98. The standard InChI is InChI=1S/C20H17N7O2S2/c1-12(28)22-15-3-2-4-17(9-15)27-20(24-25-26-27)31-11-16-10-30-19(23-16)14-7-5-13(6-8-14)18(21)29/h2-10H,11H2,1H3,(H2,21,29)(H,22,28). The number of amides is 2. The second-order valence-corrected chi connectivity index (χ2v) is 8.28. The van der Waals surface area contributed by atoms with E-state index in [-0.39, 0.29) is 5.91 Å². The third-order valence-corrected chi connectivity index (χ3v) is 6.06. The van der Waals surface area contributed by atoms with Crippen molar-refractivity contribution >= 4 is 40.6 Å². The van der Waals surface area contributed by atoms with Crippen molar-refractivity contribution in [1.29, 1.82) is 0 Å². The van der Waals surface area contributed by atoms with Gasteiger partial charge < -0.3 is 11.1 Å². The van der Waals surface area contributed by atoms with Crippen LogP contribution >= 0.6 is 23.1 Å². The van der Waals surface area contributed by atoms with Gasteiger partial charge in [-0.3, -0.25) is 9.59 Å². The average Bonchev–Trinajstić information content (AvgIpc) is 3.41. The zero-order valence-corrected chi connectivity index (χ0v) is 18.0. The highest BCUT2D eigenvalue weighted by Gasteiger charge is 2.12. The maximum atomic E-state index is 11.3. The van der Waals surface area contributed by atoms with Crippen molar-refractivity contribution in [2.24, 2.45) is 5.73 Å². The first-order valence-electron chi connectivity index (χ1n) is 9.13. The van der Waals surface area contributed by atoms with Crippen LogP contribution in [0, 0.1) is 0 Å². The lowest BCUT2D eigenvalue weighted by Crippen LogP contribution is -2.10. The molecule has 0 bridgehead atoms. The molecule has 0 fully saturated rings. The number of anilines is 1. The molecule has 0 spiro atoms. The van der Waals surface area contributed by atoms with Crippen LogP contribution in [0.4, 0.5) is 5.69 Å². The maximum Gasteiger partial charge on any atom is 0.248 e. The molecule has 0 aliphatic rings. The number of hydrogen-bond acceptors (Lipinski definition) is 8. The fourth-order valence-corrected chi connectivity index (χ4v) is 4.49. The van der Waals surface area contributed by atoms with Crippen LogP contribution in [0.2, 0.25) is 0 Å². The van der Waals surface area contributed by atoms with Crippen molar-refractivity contribution in [3.8, 4) is 16.3 Å². The molecule has 0 aliphatic carbocycles. The molecule has 0 unspecified atom stereocenters. The van der Waals surface area contributed by atoms with Crippen molar-refractivity contribution in [3.05, 3.63) is 65.2 Å². The van der Waals surface area contributed by atoms with E-state index in [4.69, 9.17) is 5.73 Å². The summed E-state index contributed by atoms with van der Waals surface area (Å²) in [6, 6.07) is 14.3. The normalized spacial score (nSPS) is 10.7. The third kappa shape index (κ3) is 4.95. The van der Waals surface area contributed by atoms with Crippen molar-refractivity contribution in [1.82, 2.24) is 25.2 Å². The molecule has 2 heterocycles. The molecule has 0 saturated heterocycles. The van der Waals surface area contributed by atoms with E-state index in [2.05, 4.69) is 25.8 Å². The van der Waals surface area contributed by atoms with Gasteiger partial charge in [0, 0.05) is 34.9 Å². The summed E-state index contributed by atoms with van der Waals surface area (Å²) in [5.41, 5.74) is 8.98. The smallest absolute Gasteiger partial charge is 0.248 e. The number of hydrogen-bond donors (Lipinski definition) is 2. The largest absolute Gasteiger partial charge is 0.366 e. The van der Waals surface area contributed by atoms with Gasteiger partial charge in [-0.05, 0) is 40.8 Å². The van der Waals surface area contributed by atoms with Crippen LogP contribution in [0.25, 0.3) is 16.3 Å². The molecule has 2 aromatic carbocycles. The molecule has 0 atom stereocenters. The number of tetrazole rings is 1. The molecule has 0 saturated carbocycles. The fraction of sp³-hybridized carbons (Fsp3) is 0.100. The summed E-state index contributed by atoms with van der Waals surface area (Å²) in [6.07, 6.45) is 0. The minimum absolute atomic E-state index is 0.146. The second kappa shape index (κ2) is 9.06. The van der Waals surface area contributed by atoms with Gasteiger partial charge in [0.25, 0.3) is 0 Å². The summed E-state index contributed by atoms with van der Waals surface area (Å²) in [4.78, 5) is 27.2. The molecule has 4 aromatic rings. The van der Waals surface area contributed by atoms with Gasteiger partial charge >= 0.3 is 0 Å². The van der Waals surface area contributed by atoms with Gasteiger partial charge in [0.05, 0.1) is 11.4 Å². The van der Waals surface area contributed by atoms with Crippen molar-refractivity contribution in [3.63, 3.8) is 0 Å². The van der Waals surface area contributed by atoms with Gasteiger partial charge in [-0.1, -0.05) is 30.0 Å². The first-order valence-corrected chi connectivity index (χ1v) is 11.0. The number of carbonyl (C=O) groups excluding carboxylic acids is 2. The molecule has 4 rings (SSSR count). The highest BCUT2D eigenvalue weighted by atomic mass is 32.2. The van der Waals surface area contributed by atoms with Gasteiger partial charge in [-0.15, -0.1) is 16.4 Å². The highest BCUT2D eigenvalue weighted by Crippen LogP contribution is 2.28. The van der Waals surface area contributed by atoms with Crippen LogP contribution in [-0.2, 0) is 10.5 Å². The maximum absolute atomic E-state index is 11.3. The Morgan fingerprint density at radius 2 is 2.00 bits per heavy atom. The van der Waals surface area contributed by atoms with Crippen molar-refractivity contribution in [2.45, 2.75) is 17.8 Å². The zero-order valence-electron chi connectivity index (χ0n) is 16.3. The first kappa shape index (κ1) is 20.7. The van der Waals surface area contributed by atoms with Gasteiger partial charge in [0.15, 0.2) is 0 Å².